The summed E-state index contributed by atoms with van der Waals surface area (Å²) in [6.07, 6.45) is 0. The summed E-state index contributed by atoms with van der Waals surface area (Å²) in [4.78, 5) is 0. The summed E-state index contributed by atoms with van der Waals surface area (Å²) in [7, 11) is 1.70. The second-order valence-electron chi connectivity index (χ2n) is 3.91. The topological polar surface area (TPSA) is 9.23 Å². The van der Waals surface area contributed by atoms with Crippen LogP contribution in [0.25, 0.3) is 11.1 Å². The van der Waals surface area contributed by atoms with Crippen molar-refractivity contribution in [1.29, 1.82) is 0 Å². The smallest absolute Gasteiger partial charge is 0.126 e. The van der Waals surface area contributed by atoms with Crippen LogP contribution in [-0.4, -0.2) is 7.11 Å². The Morgan fingerprint density at radius 2 is 1.88 bits per heavy atom. The van der Waals surface area contributed by atoms with Crippen LogP contribution < -0.4 is 4.74 Å². The molecule has 1 radical (unpaired) electrons. The Morgan fingerprint density at radius 3 is 2.56 bits per heavy atom. The van der Waals surface area contributed by atoms with Gasteiger partial charge in [-0.25, -0.2) is 0 Å². The molecule has 1 nitrogen and oxygen atoms in total. The minimum Gasteiger partial charge on any atom is -0.496 e. The van der Waals surface area contributed by atoms with Crippen molar-refractivity contribution < 1.29 is 4.74 Å². The van der Waals surface area contributed by atoms with Gasteiger partial charge in [0.1, 0.15) is 5.75 Å². The van der Waals surface area contributed by atoms with E-state index in [9.17, 15) is 0 Å². The first-order chi connectivity index (χ1) is 7.72. The molecule has 2 rings (SSSR count). The third-order valence-corrected chi connectivity index (χ3v) is 2.71. The third-order valence-electron chi connectivity index (χ3n) is 2.71. The molecule has 0 N–H and O–H groups in total. The van der Waals surface area contributed by atoms with Crippen molar-refractivity contribution in [3.8, 4) is 16.9 Å². The molecule has 0 aliphatic carbocycles. The molecule has 16 heavy (non-hydrogen) atoms. The van der Waals surface area contributed by atoms with E-state index in [4.69, 9.17) is 4.74 Å². The van der Waals surface area contributed by atoms with Crippen molar-refractivity contribution in [3.05, 3.63) is 53.6 Å². The SMILES string of the molecule is COc1ccc(C)cc1-c1ccc[c]c1C. The summed E-state index contributed by atoms with van der Waals surface area (Å²) in [5, 5.41) is 0. The predicted octanol–water partition coefficient (Wildman–Crippen LogP) is 3.78. The number of hydrogen-bond donors (Lipinski definition) is 0. The highest BCUT2D eigenvalue weighted by Crippen LogP contribution is 2.32. The number of benzene rings is 2. The largest absolute Gasteiger partial charge is 0.496 e. The summed E-state index contributed by atoms with van der Waals surface area (Å²) in [5.41, 5.74) is 4.70. The molecule has 0 amide bonds. The normalized spacial score (nSPS) is 10.2. The number of methoxy groups -OCH3 is 1. The molecule has 0 saturated carbocycles. The highest BCUT2D eigenvalue weighted by Gasteiger charge is 2.07. The average Bonchev–Trinajstić information content (AvgIpc) is 2.29. The molecular weight excluding hydrogens is 196 g/mol. The van der Waals surface area contributed by atoms with Crippen LogP contribution in [0.1, 0.15) is 11.1 Å². The second kappa shape index (κ2) is 4.40. The van der Waals surface area contributed by atoms with E-state index in [-0.39, 0.29) is 0 Å². The highest BCUT2D eigenvalue weighted by molar-refractivity contribution is 5.73. The maximum atomic E-state index is 5.40. The minimum absolute atomic E-state index is 0.910. The molecule has 0 saturated heterocycles. The van der Waals surface area contributed by atoms with Crippen molar-refractivity contribution in [1.82, 2.24) is 0 Å². The Hall–Kier alpha value is -1.76. The van der Waals surface area contributed by atoms with Gasteiger partial charge in [-0.1, -0.05) is 29.8 Å². The Kier molecular flexibility index (Phi) is 2.95. The molecule has 2 aromatic carbocycles. The summed E-state index contributed by atoms with van der Waals surface area (Å²) < 4.78 is 5.40. The van der Waals surface area contributed by atoms with Gasteiger partial charge in [-0.05, 0) is 43.2 Å². The molecule has 0 fully saturated rings. The predicted molar refractivity (Wildman–Crippen MR) is 66.7 cm³/mol. The van der Waals surface area contributed by atoms with Gasteiger partial charge < -0.3 is 4.74 Å². The first-order valence-corrected chi connectivity index (χ1v) is 5.34. The molecule has 81 valence electrons. The van der Waals surface area contributed by atoms with E-state index >= 15 is 0 Å². The Labute approximate surface area is 96.7 Å². The highest BCUT2D eigenvalue weighted by atomic mass is 16.5. The van der Waals surface area contributed by atoms with Gasteiger partial charge in [0, 0.05) is 5.56 Å². The molecule has 0 aromatic heterocycles. The molecule has 0 atom stereocenters. The Balaban J connectivity index is 2.63. The van der Waals surface area contributed by atoms with E-state index in [2.05, 4.69) is 38.1 Å². The van der Waals surface area contributed by atoms with Crippen molar-refractivity contribution in [2.45, 2.75) is 13.8 Å². The molecule has 0 aliphatic heterocycles. The zero-order valence-corrected chi connectivity index (χ0v) is 9.87. The van der Waals surface area contributed by atoms with Gasteiger partial charge in [0.05, 0.1) is 7.11 Å². The monoisotopic (exact) mass is 211 g/mol. The Morgan fingerprint density at radius 1 is 1.06 bits per heavy atom. The lowest BCUT2D eigenvalue weighted by Gasteiger charge is -2.11. The molecule has 0 spiro atoms. The van der Waals surface area contributed by atoms with Crippen LogP contribution in [0.4, 0.5) is 0 Å². The average molecular weight is 211 g/mol. The third kappa shape index (κ3) is 1.94. The van der Waals surface area contributed by atoms with Crippen LogP contribution in [0.15, 0.2) is 36.4 Å². The van der Waals surface area contributed by atoms with Crippen LogP contribution in [-0.2, 0) is 0 Å². The standard InChI is InChI=1S/C15H15O/c1-11-8-9-15(16-3)14(10-11)13-7-5-4-6-12(13)2/h4-5,7-10H,1-3H3. The molecule has 0 bridgehead atoms. The quantitative estimate of drug-likeness (QED) is 0.734. The fourth-order valence-electron chi connectivity index (χ4n) is 1.84. The van der Waals surface area contributed by atoms with Crippen molar-refractivity contribution in [3.63, 3.8) is 0 Å². The van der Waals surface area contributed by atoms with Crippen molar-refractivity contribution in [2.75, 3.05) is 7.11 Å². The zero-order chi connectivity index (χ0) is 11.5. The van der Waals surface area contributed by atoms with Gasteiger partial charge >= 0.3 is 0 Å². The van der Waals surface area contributed by atoms with Crippen LogP contribution in [0, 0.1) is 19.9 Å². The van der Waals surface area contributed by atoms with E-state index in [0.717, 1.165) is 16.9 Å². The fraction of sp³-hybridized carbons (Fsp3) is 0.200. The number of ether oxygens (including phenoxy) is 1. The summed E-state index contributed by atoms with van der Waals surface area (Å²) >= 11 is 0. The van der Waals surface area contributed by atoms with Gasteiger partial charge in [-0.3, -0.25) is 0 Å². The van der Waals surface area contributed by atoms with Gasteiger partial charge in [0.25, 0.3) is 0 Å². The van der Waals surface area contributed by atoms with E-state index in [0.29, 0.717) is 0 Å². The fourth-order valence-corrected chi connectivity index (χ4v) is 1.84. The van der Waals surface area contributed by atoms with E-state index < -0.39 is 0 Å². The lowest BCUT2D eigenvalue weighted by atomic mass is 9.98. The van der Waals surface area contributed by atoms with Gasteiger partial charge in [-0.15, -0.1) is 0 Å². The zero-order valence-electron chi connectivity index (χ0n) is 9.87. The van der Waals surface area contributed by atoms with Crippen molar-refractivity contribution >= 4 is 0 Å². The summed E-state index contributed by atoms with van der Waals surface area (Å²) in [6, 6.07) is 15.5. The molecule has 1 heteroatoms. The van der Waals surface area contributed by atoms with E-state index in [1.54, 1.807) is 7.11 Å². The Bertz CT molecular complexity index is 501. The van der Waals surface area contributed by atoms with Crippen LogP contribution >= 0.6 is 0 Å². The second-order valence-corrected chi connectivity index (χ2v) is 3.91. The van der Waals surface area contributed by atoms with Gasteiger partial charge in [0.15, 0.2) is 0 Å². The molecule has 0 unspecified atom stereocenters. The molecular formula is C15H15O. The van der Waals surface area contributed by atoms with Crippen LogP contribution in [0.5, 0.6) is 5.75 Å². The molecule has 0 aliphatic rings. The van der Waals surface area contributed by atoms with E-state index in [1.165, 1.54) is 11.1 Å². The summed E-state index contributed by atoms with van der Waals surface area (Å²) in [6.45, 7) is 4.15. The minimum atomic E-state index is 0.910. The lowest BCUT2D eigenvalue weighted by molar-refractivity contribution is 0.416. The van der Waals surface area contributed by atoms with Gasteiger partial charge in [-0.2, -0.15) is 0 Å². The number of rotatable bonds is 2. The number of hydrogen-bond acceptors (Lipinski definition) is 1. The maximum Gasteiger partial charge on any atom is 0.126 e. The van der Waals surface area contributed by atoms with Gasteiger partial charge in [0.2, 0.25) is 0 Å². The van der Waals surface area contributed by atoms with E-state index in [1.807, 2.05) is 18.2 Å². The first-order valence-electron chi connectivity index (χ1n) is 5.34. The number of aryl methyl sites for hydroxylation is 2. The van der Waals surface area contributed by atoms with Crippen LogP contribution in [0.2, 0.25) is 0 Å². The van der Waals surface area contributed by atoms with Crippen molar-refractivity contribution in [2.24, 2.45) is 0 Å². The lowest BCUT2D eigenvalue weighted by Crippen LogP contribution is -1.90. The molecule has 2 aromatic rings. The van der Waals surface area contributed by atoms with Crippen LogP contribution in [0.3, 0.4) is 0 Å². The maximum absolute atomic E-state index is 5.40. The molecule has 0 heterocycles. The first kappa shape index (κ1) is 10.7. The summed E-state index contributed by atoms with van der Waals surface area (Å²) in [5.74, 6) is 0.910.